The zero-order chi connectivity index (χ0) is 9.84. The summed E-state index contributed by atoms with van der Waals surface area (Å²) < 4.78 is 0. The molecule has 4 heteroatoms. The number of carboxylic acid groups (broad SMARTS) is 1. The second-order valence-electron chi connectivity index (χ2n) is 3.34. The minimum absolute atomic E-state index is 0.437. The van der Waals surface area contributed by atoms with Crippen molar-refractivity contribution in [2.24, 2.45) is 4.99 Å². The fourth-order valence-corrected chi connectivity index (χ4v) is 1.26. The molecule has 1 rings (SSSR count). The molecule has 1 heterocycles. The summed E-state index contributed by atoms with van der Waals surface area (Å²) in [7, 11) is 3.55. The highest BCUT2D eigenvalue weighted by molar-refractivity contribution is 5.74. The zero-order valence-corrected chi connectivity index (χ0v) is 7.90. The highest BCUT2D eigenvalue weighted by Crippen LogP contribution is 2.15. The monoisotopic (exact) mass is 182 g/mol. The topological polar surface area (TPSA) is 52.9 Å². The Balaban J connectivity index is 2.53. The molecular weight excluding hydrogens is 168 g/mol. The Bertz CT molecular complexity index is 256. The molecular formula is C9H14N2O2. The predicted molar refractivity (Wildman–Crippen MR) is 50.9 cm³/mol. The summed E-state index contributed by atoms with van der Waals surface area (Å²) in [6.45, 7) is 0. The van der Waals surface area contributed by atoms with E-state index in [0.717, 1.165) is 12.0 Å². The predicted octanol–water partition coefficient (Wildman–Crippen LogP) is 0.750. The van der Waals surface area contributed by atoms with Crippen molar-refractivity contribution in [3.8, 4) is 0 Å². The van der Waals surface area contributed by atoms with E-state index >= 15 is 0 Å². The van der Waals surface area contributed by atoms with Crippen LogP contribution in [-0.2, 0) is 4.79 Å². The lowest BCUT2D eigenvalue weighted by Crippen LogP contribution is -2.35. The summed E-state index contributed by atoms with van der Waals surface area (Å²) in [5.41, 5.74) is 1.08. The van der Waals surface area contributed by atoms with Gasteiger partial charge in [-0.2, -0.15) is 0 Å². The van der Waals surface area contributed by atoms with E-state index in [2.05, 4.69) is 4.99 Å². The van der Waals surface area contributed by atoms with Gasteiger partial charge >= 0.3 is 5.97 Å². The smallest absolute Gasteiger partial charge is 0.321 e. The molecule has 1 atom stereocenters. The van der Waals surface area contributed by atoms with Crippen molar-refractivity contribution in [2.75, 3.05) is 14.1 Å². The van der Waals surface area contributed by atoms with Crippen LogP contribution in [0.5, 0.6) is 0 Å². The fourth-order valence-electron chi connectivity index (χ4n) is 1.26. The quantitative estimate of drug-likeness (QED) is 0.698. The van der Waals surface area contributed by atoms with E-state index < -0.39 is 12.0 Å². The molecule has 0 spiro atoms. The molecule has 1 aliphatic rings. The summed E-state index contributed by atoms with van der Waals surface area (Å²) in [5, 5.41) is 8.89. The van der Waals surface area contributed by atoms with Gasteiger partial charge < -0.3 is 5.11 Å². The first kappa shape index (κ1) is 9.92. The van der Waals surface area contributed by atoms with E-state index in [1.807, 2.05) is 0 Å². The third kappa shape index (κ3) is 2.66. The van der Waals surface area contributed by atoms with Crippen LogP contribution < -0.4 is 0 Å². The molecule has 4 nitrogen and oxygen atoms in total. The van der Waals surface area contributed by atoms with E-state index in [0.29, 0.717) is 6.42 Å². The van der Waals surface area contributed by atoms with Crippen LogP contribution in [0, 0.1) is 0 Å². The van der Waals surface area contributed by atoms with Crippen LogP contribution in [-0.4, -0.2) is 42.3 Å². The van der Waals surface area contributed by atoms with Crippen molar-refractivity contribution in [3.63, 3.8) is 0 Å². The standard InChI is InChI=1S/C9H14N2O2/c1-11(2)8(9(12)13)5-7-3-4-10-6-7/h4,6,8H,3,5H2,1-2H3,(H,12,13). The van der Waals surface area contributed by atoms with Crippen LogP contribution in [0.25, 0.3) is 0 Å². The number of hydrogen-bond acceptors (Lipinski definition) is 3. The van der Waals surface area contributed by atoms with E-state index in [1.54, 1.807) is 31.4 Å². The number of rotatable bonds is 4. The summed E-state index contributed by atoms with van der Waals surface area (Å²) in [6, 6.07) is -0.437. The number of carbonyl (C=O) groups is 1. The van der Waals surface area contributed by atoms with Gasteiger partial charge in [0.15, 0.2) is 0 Å². The fraction of sp³-hybridized carbons (Fsp3) is 0.556. The Hall–Kier alpha value is -1.16. The molecule has 0 amide bonds. The summed E-state index contributed by atoms with van der Waals surface area (Å²) in [6.07, 6.45) is 4.89. The maximum Gasteiger partial charge on any atom is 0.321 e. The first-order valence-electron chi connectivity index (χ1n) is 4.20. The molecule has 1 aliphatic heterocycles. The molecule has 13 heavy (non-hydrogen) atoms. The molecule has 0 fully saturated rings. The average Bonchev–Trinajstić information content (AvgIpc) is 2.50. The number of nitrogens with zero attached hydrogens (tertiary/aromatic N) is 2. The van der Waals surface area contributed by atoms with Crippen LogP contribution in [0.2, 0.25) is 0 Å². The van der Waals surface area contributed by atoms with Crippen LogP contribution in [0.1, 0.15) is 12.8 Å². The van der Waals surface area contributed by atoms with Gasteiger partial charge in [0.1, 0.15) is 6.04 Å². The van der Waals surface area contributed by atoms with Crippen LogP contribution in [0.15, 0.2) is 16.8 Å². The number of likely N-dealkylation sites (N-methyl/N-ethyl adjacent to an activating group) is 1. The van der Waals surface area contributed by atoms with Gasteiger partial charge in [-0.3, -0.25) is 14.7 Å². The van der Waals surface area contributed by atoms with Gasteiger partial charge in [0.25, 0.3) is 0 Å². The summed E-state index contributed by atoms with van der Waals surface area (Å²) in [4.78, 5) is 16.5. The molecule has 1 N–H and O–H groups in total. The van der Waals surface area contributed by atoms with Gasteiger partial charge in [0, 0.05) is 18.8 Å². The van der Waals surface area contributed by atoms with Crippen molar-refractivity contribution < 1.29 is 9.90 Å². The van der Waals surface area contributed by atoms with Gasteiger partial charge in [-0.25, -0.2) is 0 Å². The number of hydrogen-bond donors (Lipinski definition) is 1. The van der Waals surface area contributed by atoms with E-state index in [4.69, 9.17) is 5.11 Å². The van der Waals surface area contributed by atoms with Gasteiger partial charge in [0.05, 0.1) is 0 Å². The Morgan fingerprint density at radius 2 is 2.46 bits per heavy atom. The molecule has 0 aromatic carbocycles. The van der Waals surface area contributed by atoms with Crippen molar-refractivity contribution in [2.45, 2.75) is 18.9 Å². The third-order valence-corrected chi connectivity index (χ3v) is 2.08. The lowest BCUT2D eigenvalue weighted by atomic mass is 10.1. The number of aliphatic imine (C=N–C) groups is 1. The normalized spacial score (nSPS) is 17.6. The lowest BCUT2D eigenvalue weighted by molar-refractivity contribution is -0.142. The van der Waals surface area contributed by atoms with Gasteiger partial charge in [-0.05, 0) is 26.1 Å². The second-order valence-corrected chi connectivity index (χ2v) is 3.34. The molecule has 0 radical (unpaired) electrons. The largest absolute Gasteiger partial charge is 0.480 e. The maximum atomic E-state index is 10.8. The Kier molecular flexibility index (Phi) is 3.19. The third-order valence-electron chi connectivity index (χ3n) is 2.08. The molecule has 0 saturated carbocycles. The molecule has 0 aliphatic carbocycles. The van der Waals surface area contributed by atoms with Crippen molar-refractivity contribution in [3.05, 3.63) is 11.8 Å². The second kappa shape index (κ2) is 4.18. The molecule has 1 unspecified atom stereocenters. The van der Waals surface area contributed by atoms with Crippen molar-refractivity contribution in [1.82, 2.24) is 4.90 Å². The van der Waals surface area contributed by atoms with Crippen LogP contribution in [0.3, 0.4) is 0 Å². The maximum absolute atomic E-state index is 10.8. The molecule has 0 saturated heterocycles. The minimum Gasteiger partial charge on any atom is -0.480 e. The van der Waals surface area contributed by atoms with Gasteiger partial charge in [0.2, 0.25) is 0 Å². The van der Waals surface area contributed by atoms with E-state index in [9.17, 15) is 4.79 Å². The SMILES string of the molecule is CN(C)C(CC1=CN=CC1)C(=O)O. The minimum atomic E-state index is -0.780. The van der Waals surface area contributed by atoms with E-state index in [-0.39, 0.29) is 0 Å². The Morgan fingerprint density at radius 3 is 2.85 bits per heavy atom. The van der Waals surface area contributed by atoms with Crippen LogP contribution >= 0.6 is 0 Å². The van der Waals surface area contributed by atoms with Crippen LogP contribution in [0.4, 0.5) is 0 Å². The summed E-state index contributed by atoms with van der Waals surface area (Å²) >= 11 is 0. The lowest BCUT2D eigenvalue weighted by Gasteiger charge is -2.19. The molecule has 0 aromatic heterocycles. The first-order chi connectivity index (χ1) is 6.11. The molecule has 0 aromatic rings. The van der Waals surface area contributed by atoms with Gasteiger partial charge in [-0.1, -0.05) is 0 Å². The van der Waals surface area contributed by atoms with E-state index in [1.165, 1.54) is 0 Å². The van der Waals surface area contributed by atoms with Crippen molar-refractivity contribution in [1.29, 1.82) is 0 Å². The highest BCUT2D eigenvalue weighted by Gasteiger charge is 2.21. The summed E-state index contributed by atoms with van der Waals surface area (Å²) in [5.74, 6) is -0.780. The number of carboxylic acids is 1. The molecule has 0 bridgehead atoms. The first-order valence-corrected chi connectivity index (χ1v) is 4.20. The van der Waals surface area contributed by atoms with Crippen molar-refractivity contribution >= 4 is 12.2 Å². The number of aliphatic carboxylic acids is 1. The molecule has 72 valence electrons. The zero-order valence-electron chi connectivity index (χ0n) is 7.90. The average molecular weight is 182 g/mol. The highest BCUT2D eigenvalue weighted by atomic mass is 16.4. The Labute approximate surface area is 77.6 Å². The Morgan fingerprint density at radius 1 is 1.77 bits per heavy atom. The van der Waals surface area contributed by atoms with Gasteiger partial charge in [-0.15, -0.1) is 0 Å².